The van der Waals surface area contributed by atoms with Gasteiger partial charge in [-0.2, -0.15) is 5.10 Å². The van der Waals surface area contributed by atoms with Gasteiger partial charge in [-0.1, -0.05) is 25.1 Å². The van der Waals surface area contributed by atoms with Gasteiger partial charge < -0.3 is 15.0 Å². The molecule has 0 saturated carbocycles. The lowest BCUT2D eigenvalue weighted by molar-refractivity contribution is 0.0599. The summed E-state index contributed by atoms with van der Waals surface area (Å²) in [4.78, 5) is 28.0. The number of amides is 1. The number of H-pyrrole nitrogens is 1. The number of carbonyl (C=O) groups is 2. The van der Waals surface area contributed by atoms with Gasteiger partial charge in [0.2, 0.25) is 0 Å². The molecular formula is C20H22N4O3. The number of hydrogen-bond donors (Lipinski definition) is 2. The summed E-state index contributed by atoms with van der Waals surface area (Å²) in [5, 5.41) is 7.14. The van der Waals surface area contributed by atoms with Gasteiger partial charge in [0.1, 0.15) is 5.69 Å². The molecule has 0 bridgehead atoms. The number of benzene rings is 1. The van der Waals surface area contributed by atoms with E-state index in [0.717, 1.165) is 5.56 Å². The standard InChI is InChI=1S/C20H22N4O3/c1-4-15-17(20(26)27-3)13(2)18(22-15)19(25)23-16-9-6-5-8-14(16)12-24-11-7-10-21-24/h5-11,22H,4,12H2,1-3H3,(H,23,25). The van der Waals surface area contributed by atoms with Crippen LogP contribution < -0.4 is 5.32 Å². The number of aromatic amines is 1. The summed E-state index contributed by atoms with van der Waals surface area (Å²) in [6.07, 6.45) is 4.17. The van der Waals surface area contributed by atoms with Crippen molar-refractivity contribution in [1.29, 1.82) is 0 Å². The van der Waals surface area contributed by atoms with E-state index < -0.39 is 5.97 Å². The Bertz CT molecular complexity index is 958. The second-order valence-electron chi connectivity index (χ2n) is 6.14. The van der Waals surface area contributed by atoms with Crippen LogP contribution >= 0.6 is 0 Å². The minimum Gasteiger partial charge on any atom is -0.465 e. The lowest BCUT2D eigenvalue weighted by Crippen LogP contribution is -2.16. The van der Waals surface area contributed by atoms with E-state index in [-0.39, 0.29) is 5.91 Å². The van der Waals surface area contributed by atoms with Crippen LogP contribution in [0.5, 0.6) is 0 Å². The van der Waals surface area contributed by atoms with E-state index in [1.807, 2.05) is 43.5 Å². The molecular weight excluding hydrogens is 344 g/mol. The fourth-order valence-electron chi connectivity index (χ4n) is 3.06. The van der Waals surface area contributed by atoms with Crippen LogP contribution in [0.4, 0.5) is 5.69 Å². The van der Waals surface area contributed by atoms with Crippen molar-refractivity contribution in [3.05, 3.63) is 70.8 Å². The third kappa shape index (κ3) is 3.76. The molecule has 7 nitrogen and oxygen atoms in total. The molecule has 27 heavy (non-hydrogen) atoms. The topological polar surface area (TPSA) is 89.0 Å². The van der Waals surface area contributed by atoms with E-state index in [4.69, 9.17) is 4.74 Å². The highest BCUT2D eigenvalue weighted by Crippen LogP contribution is 2.23. The number of anilines is 1. The minimum atomic E-state index is -0.446. The second-order valence-corrected chi connectivity index (χ2v) is 6.14. The van der Waals surface area contributed by atoms with Crippen LogP contribution in [0.1, 0.15) is 44.6 Å². The first-order valence-electron chi connectivity index (χ1n) is 8.71. The van der Waals surface area contributed by atoms with Crippen molar-refractivity contribution in [3.63, 3.8) is 0 Å². The van der Waals surface area contributed by atoms with Crippen LogP contribution in [0.25, 0.3) is 0 Å². The maximum Gasteiger partial charge on any atom is 0.339 e. The van der Waals surface area contributed by atoms with E-state index >= 15 is 0 Å². The summed E-state index contributed by atoms with van der Waals surface area (Å²) in [6.45, 7) is 4.20. The number of aryl methyl sites for hydroxylation is 1. The van der Waals surface area contributed by atoms with Crippen LogP contribution in [-0.4, -0.2) is 33.8 Å². The number of aromatic nitrogens is 3. The number of rotatable bonds is 6. The molecule has 7 heteroatoms. The van der Waals surface area contributed by atoms with Gasteiger partial charge in [0.25, 0.3) is 5.91 Å². The number of para-hydroxylation sites is 1. The van der Waals surface area contributed by atoms with Crippen molar-refractivity contribution < 1.29 is 14.3 Å². The zero-order chi connectivity index (χ0) is 19.4. The van der Waals surface area contributed by atoms with Crippen LogP contribution in [0.2, 0.25) is 0 Å². The van der Waals surface area contributed by atoms with Gasteiger partial charge in [-0.05, 0) is 36.6 Å². The molecule has 0 unspecified atom stereocenters. The van der Waals surface area contributed by atoms with Gasteiger partial charge >= 0.3 is 5.97 Å². The smallest absolute Gasteiger partial charge is 0.339 e. The molecule has 0 spiro atoms. The zero-order valence-corrected chi connectivity index (χ0v) is 15.6. The predicted molar refractivity (Wildman–Crippen MR) is 102 cm³/mol. The zero-order valence-electron chi connectivity index (χ0n) is 15.6. The molecule has 3 rings (SSSR count). The second kappa shape index (κ2) is 7.90. The van der Waals surface area contributed by atoms with Crippen molar-refractivity contribution in [2.45, 2.75) is 26.8 Å². The fourth-order valence-corrected chi connectivity index (χ4v) is 3.06. The van der Waals surface area contributed by atoms with Crippen LogP contribution in [0.3, 0.4) is 0 Å². The first-order chi connectivity index (χ1) is 13.0. The molecule has 0 fully saturated rings. The molecule has 2 N–H and O–H groups in total. The van der Waals surface area contributed by atoms with Crippen LogP contribution in [-0.2, 0) is 17.7 Å². The molecule has 2 aromatic heterocycles. The Morgan fingerprint density at radius 2 is 2.04 bits per heavy atom. The Morgan fingerprint density at radius 1 is 1.26 bits per heavy atom. The predicted octanol–water partition coefficient (Wildman–Crippen LogP) is 3.17. The molecule has 0 aliphatic rings. The summed E-state index contributed by atoms with van der Waals surface area (Å²) in [5.41, 5.74) is 3.69. The monoisotopic (exact) mass is 366 g/mol. The number of nitrogens with zero attached hydrogens (tertiary/aromatic N) is 2. The van der Waals surface area contributed by atoms with Gasteiger partial charge in [0.15, 0.2) is 0 Å². The van der Waals surface area contributed by atoms with E-state index in [0.29, 0.717) is 41.2 Å². The van der Waals surface area contributed by atoms with Crippen molar-refractivity contribution in [2.75, 3.05) is 12.4 Å². The van der Waals surface area contributed by atoms with Crippen molar-refractivity contribution in [2.24, 2.45) is 0 Å². The summed E-state index contributed by atoms with van der Waals surface area (Å²) in [5.74, 6) is -0.746. The molecule has 0 radical (unpaired) electrons. The molecule has 1 aromatic carbocycles. The molecule has 140 valence electrons. The molecule has 0 saturated heterocycles. The van der Waals surface area contributed by atoms with Gasteiger partial charge in [-0.15, -0.1) is 0 Å². The number of methoxy groups -OCH3 is 1. The fraction of sp³-hybridized carbons (Fsp3) is 0.250. The third-order valence-corrected chi connectivity index (χ3v) is 4.45. The number of esters is 1. The third-order valence-electron chi connectivity index (χ3n) is 4.45. The number of ether oxygens (including phenoxy) is 1. The number of carbonyl (C=O) groups excluding carboxylic acids is 2. The Labute approximate surface area is 157 Å². The quantitative estimate of drug-likeness (QED) is 0.656. The largest absolute Gasteiger partial charge is 0.465 e. The first-order valence-corrected chi connectivity index (χ1v) is 8.71. The van der Waals surface area contributed by atoms with Gasteiger partial charge in [0.05, 0.1) is 19.2 Å². The Balaban J connectivity index is 1.88. The van der Waals surface area contributed by atoms with E-state index in [2.05, 4.69) is 15.4 Å². The maximum atomic E-state index is 12.9. The van der Waals surface area contributed by atoms with E-state index in [1.54, 1.807) is 17.8 Å². The highest BCUT2D eigenvalue weighted by molar-refractivity contribution is 6.07. The highest BCUT2D eigenvalue weighted by atomic mass is 16.5. The minimum absolute atomic E-state index is 0.301. The summed E-state index contributed by atoms with van der Waals surface area (Å²) < 4.78 is 6.64. The Morgan fingerprint density at radius 3 is 2.70 bits per heavy atom. The summed E-state index contributed by atoms with van der Waals surface area (Å²) >= 11 is 0. The Hall–Kier alpha value is -3.35. The lowest BCUT2D eigenvalue weighted by atomic mass is 10.1. The molecule has 0 aliphatic heterocycles. The first kappa shape index (κ1) is 18.4. The molecule has 0 atom stereocenters. The molecule has 3 aromatic rings. The SMILES string of the molecule is CCc1[nH]c(C(=O)Nc2ccccc2Cn2cccn2)c(C)c1C(=O)OC. The summed E-state index contributed by atoms with van der Waals surface area (Å²) in [6, 6.07) is 9.41. The number of nitrogens with one attached hydrogen (secondary N) is 2. The molecule has 2 heterocycles. The van der Waals surface area contributed by atoms with E-state index in [1.165, 1.54) is 7.11 Å². The van der Waals surface area contributed by atoms with Crippen molar-refractivity contribution in [1.82, 2.24) is 14.8 Å². The Kier molecular flexibility index (Phi) is 5.40. The average molecular weight is 366 g/mol. The maximum absolute atomic E-state index is 12.9. The van der Waals surface area contributed by atoms with Gasteiger partial charge in [0, 0.05) is 23.8 Å². The highest BCUT2D eigenvalue weighted by Gasteiger charge is 2.24. The van der Waals surface area contributed by atoms with E-state index in [9.17, 15) is 9.59 Å². The van der Waals surface area contributed by atoms with Crippen LogP contribution in [0.15, 0.2) is 42.7 Å². The lowest BCUT2D eigenvalue weighted by Gasteiger charge is -2.11. The average Bonchev–Trinajstić information content (AvgIpc) is 3.30. The normalized spacial score (nSPS) is 10.6. The molecule has 0 aliphatic carbocycles. The van der Waals surface area contributed by atoms with Crippen molar-refractivity contribution >= 4 is 17.6 Å². The van der Waals surface area contributed by atoms with Crippen LogP contribution in [0, 0.1) is 6.92 Å². The molecule has 1 amide bonds. The van der Waals surface area contributed by atoms with Gasteiger partial charge in [-0.3, -0.25) is 9.48 Å². The number of hydrogen-bond acceptors (Lipinski definition) is 4. The summed E-state index contributed by atoms with van der Waals surface area (Å²) in [7, 11) is 1.33. The van der Waals surface area contributed by atoms with Gasteiger partial charge in [-0.25, -0.2) is 4.79 Å². The van der Waals surface area contributed by atoms with Crippen molar-refractivity contribution in [3.8, 4) is 0 Å².